The van der Waals surface area contributed by atoms with Gasteiger partial charge in [0, 0.05) is 30.3 Å². The van der Waals surface area contributed by atoms with Crippen LogP contribution in [-0.2, 0) is 14.3 Å². The molecule has 2 aromatic rings. The van der Waals surface area contributed by atoms with Gasteiger partial charge in [-0.05, 0) is 72.9 Å². The first-order valence-corrected chi connectivity index (χ1v) is 13.5. The number of ketones is 1. The van der Waals surface area contributed by atoms with Crippen LogP contribution in [0.3, 0.4) is 0 Å². The van der Waals surface area contributed by atoms with Crippen LogP contribution in [0, 0.1) is 24.4 Å². The van der Waals surface area contributed by atoms with Crippen LogP contribution in [-0.4, -0.2) is 59.0 Å². The lowest BCUT2D eigenvalue weighted by atomic mass is 9.83. The van der Waals surface area contributed by atoms with Gasteiger partial charge in [0.05, 0.1) is 19.0 Å². The van der Waals surface area contributed by atoms with Gasteiger partial charge in [-0.2, -0.15) is 0 Å². The fraction of sp³-hybridized carbons (Fsp3) is 0.321. The predicted octanol–water partition coefficient (Wildman–Crippen LogP) is 5.08. The van der Waals surface area contributed by atoms with Crippen LogP contribution < -0.4 is 5.32 Å². The van der Waals surface area contributed by atoms with Gasteiger partial charge in [0.15, 0.2) is 17.4 Å². The summed E-state index contributed by atoms with van der Waals surface area (Å²) in [6.07, 6.45) is 3.68. The molecule has 1 amide bonds. The number of thioether (sulfide) groups is 1. The number of aryl methyl sites for hydroxylation is 1. The number of hydrogen-bond acceptors (Lipinski definition) is 5. The number of ether oxygens (including phenoxy) is 1. The molecule has 0 bridgehead atoms. The molecular formula is C28H27F3N2O3S2. The molecule has 4 rings (SSSR count). The maximum Gasteiger partial charge on any atom is 0.230 e. The zero-order valence-corrected chi connectivity index (χ0v) is 22.4. The summed E-state index contributed by atoms with van der Waals surface area (Å²) in [5.74, 6) is -2.71. The average molecular weight is 561 g/mol. The van der Waals surface area contributed by atoms with E-state index in [1.807, 2.05) is 4.90 Å². The number of Topliss-reactive ketones (excluding diaryl/α,β-unsaturated/α-hetero) is 1. The maximum atomic E-state index is 13.8. The van der Waals surface area contributed by atoms with Crippen molar-refractivity contribution in [2.24, 2.45) is 0 Å². The second-order valence-corrected chi connectivity index (χ2v) is 10.8. The summed E-state index contributed by atoms with van der Waals surface area (Å²) in [5.41, 5.74) is 2.21. The van der Waals surface area contributed by atoms with E-state index in [2.05, 4.69) is 5.32 Å². The molecule has 2 aromatic carbocycles. The van der Waals surface area contributed by atoms with E-state index in [-0.39, 0.29) is 36.1 Å². The van der Waals surface area contributed by atoms with E-state index in [0.29, 0.717) is 58.5 Å². The van der Waals surface area contributed by atoms with E-state index in [1.165, 1.54) is 30.0 Å². The number of hydrogen-bond donors (Lipinski definition) is 1. The minimum absolute atomic E-state index is 0.124. The van der Waals surface area contributed by atoms with Crippen LogP contribution >= 0.6 is 24.0 Å². The van der Waals surface area contributed by atoms with Gasteiger partial charge in [-0.1, -0.05) is 36.1 Å². The predicted molar refractivity (Wildman–Crippen MR) is 147 cm³/mol. The molecule has 1 saturated carbocycles. The van der Waals surface area contributed by atoms with E-state index in [0.717, 1.165) is 12.1 Å². The van der Waals surface area contributed by atoms with Crippen LogP contribution in [0.2, 0.25) is 0 Å². The molecule has 0 radical (unpaired) electrons. The van der Waals surface area contributed by atoms with Gasteiger partial charge in [0.1, 0.15) is 10.1 Å². The second-order valence-electron chi connectivity index (χ2n) is 9.18. The topological polar surface area (TPSA) is 58.6 Å². The molecule has 1 aliphatic heterocycles. The lowest BCUT2D eigenvalue weighted by Gasteiger charge is -2.29. The molecule has 1 saturated heterocycles. The highest BCUT2D eigenvalue weighted by Crippen LogP contribution is 2.29. The van der Waals surface area contributed by atoms with Gasteiger partial charge < -0.3 is 15.0 Å². The molecule has 1 unspecified atom stereocenters. The van der Waals surface area contributed by atoms with Crippen LogP contribution in [0.1, 0.15) is 29.5 Å². The SMILES string of the molecule is Cc1cc(/C=C2\CC(NC(=O)CSC(=S)N3CCOCC3)C/C(=C\c3ccc(F)c(F)c3)C2=O)ccc1F. The summed E-state index contributed by atoms with van der Waals surface area (Å²) >= 11 is 6.71. The minimum Gasteiger partial charge on any atom is -0.378 e. The summed E-state index contributed by atoms with van der Waals surface area (Å²) < 4.78 is 46.9. The fourth-order valence-corrected chi connectivity index (χ4v) is 5.40. The van der Waals surface area contributed by atoms with E-state index in [4.69, 9.17) is 17.0 Å². The summed E-state index contributed by atoms with van der Waals surface area (Å²) in [7, 11) is 0. The zero-order valence-electron chi connectivity index (χ0n) is 20.8. The Morgan fingerprint density at radius 3 is 2.24 bits per heavy atom. The molecule has 5 nitrogen and oxygen atoms in total. The Bertz CT molecular complexity index is 1230. The number of amides is 1. The van der Waals surface area contributed by atoms with Gasteiger partial charge in [-0.15, -0.1) is 0 Å². The van der Waals surface area contributed by atoms with Crippen LogP contribution in [0.4, 0.5) is 13.2 Å². The van der Waals surface area contributed by atoms with Crippen molar-refractivity contribution >= 4 is 52.1 Å². The highest BCUT2D eigenvalue weighted by atomic mass is 32.2. The van der Waals surface area contributed by atoms with E-state index in [1.54, 1.807) is 25.1 Å². The molecule has 2 fully saturated rings. The van der Waals surface area contributed by atoms with Crippen LogP contribution in [0.25, 0.3) is 12.2 Å². The molecule has 2 aliphatic rings. The number of benzene rings is 2. The first kappa shape index (κ1) is 28.1. The fourth-order valence-electron chi connectivity index (χ4n) is 4.34. The van der Waals surface area contributed by atoms with Gasteiger partial charge in [0.2, 0.25) is 5.91 Å². The summed E-state index contributed by atoms with van der Waals surface area (Å²) in [5, 5.41) is 2.98. The minimum atomic E-state index is -1.02. The number of halogens is 3. The Morgan fingerprint density at radius 1 is 1.03 bits per heavy atom. The van der Waals surface area contributed by atoms with Crippen molar-refractivity contribution in [2.75, 3.05) is 32.1 Å². The highest BCUT2D eigenvalue weighted by molar-refractivity contribution is 8.23. The van der Waals surface area contributed by atoms with Crippen molar-refractivity contribution in [1.29, 1.82) is 0 Å². The lowest BCUT2D eigenvalue weighted by Crippen LogP contribution is -2.41. The summed E-state index contributed by atoms with van der Waals surface area (Å²) in [6, 6.07) is 7.56. The van der Waals surface area contributed by atoms with Gasteiger partial charge in [0.25, 0.3) is 0 Å². The van der Waals surface area contributed by atoms with E-state index in [9.17, 15) is 22.8 Å². The standard InChI is InChI=1S/C28H27F3N2O3S2/c1-17-10-18(2-4-23(17)29)11-20-14-22(32-26(34)16-38-28(37)33-6-8-36-9-7-33)15-21(27(20)35)12-19-3-5-24(30)25(31)13-19/h2-5,10-13,22H,6-9,14-16H2,1H3,(H,32,34)/b20-11+,21-12+. The van der Waals surface area contributed by atoms with Crippen molar-refractivity contribution in [3.8, 4) is 0 Å². The molecule has 200 valence electrons. The molecule has 38 heavy (non-hydrogen) atoms. The Hall–Kier alpha value is -2.95. The second kappa shape index (κ2) is 12.7. The third-order valence-electron chi connectivity index (χ3n) is 6.28. The Labute approximate surface area is 229 Å². The number of nitrogens with zero attached hydrogens (tertiary/aromatic N) is 1. The highest BCUT2D eigenvalue weighted by Gasteiger charge is 2.29. The molecule has 0 spiro atoms. The number of carbonyl (C=O) groups is 2. The Balaban J connectivity index is 1.52. The van der Waals surface area contributed by atoms with Crippen molar-refractivity contribution in [2.45, 2.75) is 25.8 Å². The average Bonchev–Trinajstić information content (AvgIpc) is 2.90. The third-order valence-corrected chi connectivity index (χ3v) is 7.81. The van der Waals surface area contributed by atoms with Crippen molar-refractivity contribution in [1.82, 2.24) is 10.2 Å². The first-order chi connectivity index (χ1) is 18.2. The monoisotopic (exact) mass is 560 g/mol. The largest absolute Gasteiger partial charge is 0.378 e. The van der Waals surface area contributed by atoms with Gasteiger partial charge in [-0.25, -0.2) is 13.2 Å². The molecule has 1 heterocycles. The van der Waals surface area contributed by atoms with Crippen LogP contribution in [0.15, 0.2) is 47.5 Å². The Morgan fingerprint density at radius 2 is 1.63 bits per heavy atom. The van der Waals surface area contributed by atoms with Crippen molar-refractivity contribution in [3.63, 3.8) is 0 Å². The summed E-state index contributed by atoms with van der Waals surface area (Å²) in [4.78, 5) is 28.1. The number of morpholine rings is 1. The molecule has 1 aliphatic carbocycles. The third kappa shape index (κ3) is 7.33. The molecule has 10 heteroatoms. The molecule has 0 aromatic heterocycles. The Kier molecular flexibility index (Phi) is 9.40. The number of rotatable bonds is 5. The summed E-state index contributed by atoms with van der Waals surface area (Å²) in [6.45, 7) is 4.20. The smallest absolute Gasteiger partial charge is 0.230 e. The van der Waals surface area contributed by atoms with Gasteiger partial charge >= 0.3 is 0 Å². The quantitative estimate of drug-likeness (QED) is 0.407. The molecule has 1 atom stereocenters. The van der Waals surface area contributed by atoms with Crippen LogP contribution in [0.5, 0.6) is 0 Å². The molecular weight excluding hydrogens is 533 g/mol. The maximum absolute atomic E-state index is 13.8. The lowest BCUT2D eigenvalue weighted by molar-refractivity contribution is -0.120. The van der Waals surface area contributed by atoms with Crippen molar-refractivity contribution in [3.05, 3.63) is 81.7 Å². The molecule has 1 N–H and O–H groups in total. The van der Waals surface area contributed by atoms with Gasteiger partial charge in [-0.3, -0.25) is 9.59 Å². The number of carbonyl (C=O) groups excluding carboxylic acids is 2. The van der Waals surface area contributed by atoms with E-state index < -0.39 is 17.7 Å². The normalized spacial score (nSPS) is 20.2. The van der Waals surface area contributed by atoms with Crippen molar-refractivity contribution < 1.29 is 27.5 Å². The first-order valence-electron chi connectivity index (χ1n) is 12.2. The number of thiocarbonyl (C=S) groups is 1. The number of nitrogens with one attached hydrogen (secondary N) is 1. The zero-order chi connectivity index (χ0) is 27.2. The van der Waals surface area contributed by atoms with E-state index >= 15 is 0 Å².